The Hall–Kier alpha value is -0.770. The predicted molar refractivity (Wildman–Crippen MR) is 41.0 cm³/mol. The first kappa shape index (κ1) is 8.33. The Morgan fingerprint density at radius 3 is 2.82 bits per heavy atom. The number of rotatable bonds is 1. The first-order chi connectivity index (χ1) is 5.16. The van der Waals surface area contributed by atoms with Gasteiger partial charge in [-0.2, -0.15) is 0 Å². The average Bonchev–Trinajstić information content (AvgIpc) is 2.01. The molecule has 1 rings (SSSR count). The van der Waals surface area contributed by atoms with Crippen molar-refractivity contribution in [3.63, 3.8) is 0 Å². The van der Waals surface area contributed by atoms with E-state index in [9.17, 15) is 4.79 Å². The molecule has 0 aromatic carbocycles. The van der Waals surface area contributed by atoms with Crippen LogP contribution in [-0.2, 0) is 4.84 Å². The summed E-state index contributed by atoms with van der Waals surface area (Å²) in [4.78, 5) is 17.8. The normalized spacial score (nSPS) is 26.1. The number of nitrogens with zero attached hydrogens (tertiary/aromatic N) is 2. The van der Waals surface area contributed by atoms with Gasteiger partial charge in [-0.25, -0.2) is 9.86 Å². The Balaban J connectivity index is 2.59. The van der Waals surface area contributed by atoms with Gasteiger partial charge in [0.05, 0.1) is 13.7 Å². The number of hydrogen-bond donors (Lipinski definition) is 0. The van der Waals surface area contributed by atoms with Gasteiger partial charge in [-0.3, -0.25) is 4.84 Å². The van der Waals surface area contributed by atoms with Crippen LogP contribution in [-0.4, -0.2) is 42.7 Å². The summed E-state index contributed by atoms with van der Waals surface area (Å²) in [5.74, 6) is 0. The van der Waals surface area contributed by atoms with Gasteiger partial charge in [0.2, 0.25) is 0 Å². The van der Waals surface area contributed by atoms with E-state index >= 15 is 0 Å². The lowest BCUT2D eigenvalue weighted by molar-refractivity contribution is -0.112. The van der Waals surface area contributed by atoms with Gasteiger partial charge in [0, 0.05) is 13.1 Å². The van der Waals surface area contributed by atoms with Crippen molar-refractivity contribution in [3.05, 3.63) is 0 Å². The highest BCUT2D eigenvalue weighted by atomic mass is 16.7. The molecular formula is C7H14N2O2. The van der Waals surface area contributed by atoms with Crippen molar-refractivity contribution in [2.24, 2.45) is 0 Å². The number of hydroxylamine groups is 2. The monoisotopic (exact) mass is 158 g/mol. The van der Waals surface area contributed by atoms with Gasteiger partial charge in [-0.05, 0) is 13.3 Å². The molecule has 1 saturated heterocycles. The van der Waals surface area contributed by atoms with Crippen LogP contribution in [0.5, 0.6) is 0 Å². The fourth-order valence-electron chi connectivity index (χ4n) is 1.13. The molecule has 1 atom stereocenters. The highest BCUT2D eigenvalue weighted by molar-refractivity contribution is 5.74. The van der Waals surface area contributed by atoms with Crippen molar-refractivity contribution in [1.29, 1.82) is 0 Å². The molecule has 0 spiro atoms. The second kappa shape index (κ2) is 3.09. The van der Waals surface area contributed by atoms with E-state index in [1.54, 1.807) is 11.9 Å². The molecule has 0 aliphatic carbocycles. The lowest BCUT2D eigenvalue weighted by Crippen LogP contribution is -2.50. The van der Waals surface area contributed by atoms with Gasteiger partial charge in [-0.1, -0.05) is 0 Å². The van der Waals surface area contributed by atoms with Crippen molar-refractivity contribution >= 4 is 6.03 Å². The zero-order chi connectivity index (χ0) is 8.43. The molecule has 0 bridgehead atoms. The maximum atomic E-state index is 11.3. The Bertz CT molecular complexity index is 157. The molecule has 1 fully saturated rings. The second-order valence-corrected chi connectivity index (χ2v) is 2.82. The molecule has 64 valence electrons. The van der Waals surface area contributed by atoms with Crippen LogP contribution in [0, 0.1) is 0 Å². The number of urea groups is 1. The number of carbonyl (C=O) groups is 1. The molecule has 0 aromatic rings. The van der Waals surface area contributed by atoms with E-state index in [0.717, 1.165) is 6.42 Å². The molecule has 1 unspecified atom stereocenters. The zero-order valence-electron chi connectivity index (χ0n) is 7.20. The van der Waals surface area contributed by atoms with Crippen molar-refractivity contribution in [1.82, 2.24) is 9.96 Å². The Kier molecular flexibility index (Phi) is 2.34. The molecule has 1 heterocycles. The molecule has 4 nitrogen and oxygen atoms in total. The molecule has 0 radical (unpaired) electrons. The van der Waals surface area contributed by atoms with Gasteiger partial charge in [-0.15, -0.1) is 0 Å². The first-order valence-electron chi connectivity index (χ1n) is 3.75. The van der Waals surface area contributed by atoms with E-state index in [-0.39, 0.29) is 6.03 Å². The van der Waals surface area contributed by atoms with Crippen LogP contribution in [0.4, 0.5) is 4.79 Å². The highest BCUT2D eigenvalue weighted by Gasteiger charge is 2.27. The molecule has 0 N–H and O–H groups in total. The number of hydrogen-bond acceptors (Lipinski definition) is 2. The van der Waals surface area contributed by atoms with Gasteiger partial charge >= 0.3 is 6.03 Å². The number of carbonyl (C=O) groups excluding carboxylic acids is 1. The fraction of sp³-hybridized carbons (Fsp3) is 0.857. The Labute approximate surface area is 66.7 Å². The van der Waals surface area contributed by atoms with E-state index < -0.39 is 0 Å². The van der Waals surface area contributed by atoms with Gasteiger partial charge in [0.15, 0.2) is 0 Å². The van der Waals surface area contributed by atoms with E-state index in [4.69, 9.17) is 4.84 Å². The summed E-state index contributed by atoms with van der Waals surface area (Å²) in [6.45, 7) is 2.73. The zero-order valence-corrected chi connectivity index (χ0v) is 7.20. The standard InChI is InChI=1S/C7H14N2O2/c1-6-4-5-9(11-3)7(10)8(6)2/h6H,4-5H2,1-3H3. The SMILES string of the molecule is CON1CCC(C)N(C)C1=O. The van der Waals surface area contributed by atoms with Crippen molar-refractivity contribution < 1.29 is 9.63 Å². The van der Waals surface area contributed by atoms with Crippen molar-refractivity contribution in [2.75, 3.05) is 20.7 Å². The van der Waals surface area contributed by atoms with Crippen LogP contribution in [0.25, 0.3) is 0 Å². The molecule has 0 aromatic heterocycles. The topological polar surface area (TPSA) is 32.8 Å². The van der Waals surface area contributed by atoms with Gasteiger partial charge < -0.3 is 4.90 Å². The minimum Gasteiger partial charge on any atom is -0.323 e. The summed E-state index contributed by atoms with van der Waals surface area (Å²) in [5, 5.41) is 1.38. The molecule has 4 heteroatoms. The van der Waals surface area contributed by atoms with E-state index in [2.05, 4.69) is 0 Å². The van der Waals surface area contributed by atoms with E-state index in [1.807, 2.05) is 6.92 Å². The third-order valence-electron chi connectivity index (χ3n) is 2.15. The van der Waals surface area contributed by atoms with Crippen molar-refractivity contribution in [2.45, 2.75) is 19.4 Å². The van der Waals surface area contributed by atoms with Crippen molar-refractivity contribution in [3.8, 4) is 0 Å². The summed E-state index contributed by atoms with van der Waals surface area (Å²) < 4.78 is 0. The second-order valence-electron chi connectivity index (χ2n) is 2.82. The highest BCUT2D eigenvalue weighted by Crippen LogP contribution is 2.12. The van der Waals surface area contributed by atoms with E-state index in [0.29, 0.717) is 12.6 Å². The minimum atomic E-state index is -0.0498. The Morgan fingerprint density at radius 1 is 1.64 bits per heavy atom. The number of amides is 2. The quantitative estimate of drug-likeness (QED) is 0.562. The van der Waals surface area contributed by atoms with Crippen LogP contribution in [0.1, 0.15) is 13.3 Å². The van der Waals surface area contributed by atoms with Crippen LogP contribution in [0.3, 0.4) is 0 Å². The lowest BCUT2D eigenvalue weighted by Gasteiger charge is -2.35. The lowest BCUT2D eigenvalue weighted by atomic mass is 10.2. The minimum absolute atomic E-state index is 0.0498. The van der Waals surface area contributed by atoms with Crippen LogP contribution in [0.15, 0.2) is 0 Å². The predicted octanol–water partition coefficient (Wildman–Crippen LogP) is 0.694. The molecular weight excluding hydrogens is 144 g/mol. The Morgan fingerprint density at radius 2 is 2.27 bits per heavy atom. The maximum absolute atomic E-state index is 11.3. The smallest absolute Gasteiger partial charge is 0.323 e. The van der Waals surface area contributed by atoms with E-state index in [1.165, 1.54) is 12.2 Å². The average molecular weight is 158 g/mol. The fourth-order valence-corrected chi connectivity index (χ4v) is 1.13. The molecule has 11 heavy (non-hydrogen) atoms. The van der Waals surface area contributed by atoms with Crippen LogP contribution >= 0.6 is 0 Å². The van der Waals surface area contributed by atoms with Crippen LogP contribution in [0.2, 0.25) is 0 Å². The van der Waals surface area contributed by atoms with Gasteiger partial charge in [0.25, 0.3) is 0 Å². The summed E-state index contributed by atoms with van der Waals surface area (Å²) in [6.07, 6.45) is 0.968. The molecule has 1 aliphatic rings. The molecule has 2 amide bonds. The molecule has 0 saturated carbocycles. The summed E-state index contributed by atoms with van der Waals surface area (Å²) in [7, 11) is 3.31. The summed E-state index contributed by atoms with van der Waals surface area (Å²) in [5.41, 5.74) is 0. The largest absolute Gasteiger partial charge is 0.343 e. The molecule has 1 aliphatic heterocycles. The summed E-state index contributed by atoms with van der Waals surface area (Å²) in [6, 6.07) is 0.278. The third-order valence-corrected chi connectivity index (χ3v) is 2.15. The van der Waals surface area contributed by atoms with Gasteiger partial charge in [0.1, 0.15) is 0 Å². The maximum Gasteiger partial charge on any atom is 0.343 e. The third kappa shape index (κ3) is 1.45. The first-order valence-corrected chi connectivity index (χ1v) is 3.75. The summed E-state index contributed by atoms with van der Waals surface area (Å²) >= 11 is 0. The van der Waals surface area contributed by atoms with Crippen LogP contribution < -0.4 is 0 Å².